The minimum absolute atomic E-state index is 0.167. The Labute approximate surface area is 183 Å². The maximum absolute atomic E-state index is 11.3. The molecule has 3 nitrogen and oxygen atoms in total. The molecule has 0 aromatic rings. The van der Waals surface area contributed by atoms with E-state index in [1.165, 1.54) is 19.3 Å². The second kappa shape index (κ2) is 8.37. The highest BCUT2D eigenvalue weighted by molar-refractivity contribution is 5.29. The third kappa shape index (κ3) is 3.53. The van der Waals surface area contributed by atoms with Crippen molar-refractivity contribution < 1.29 is 15.3 Å². The first-order valence-corrected chi connectivity index (χ1v) is 12.6. The maximum atomic E-state index is 11.3. The van der Waals surface area contributed by atoms with E-state index in [9.17, 15) is 15.3 Å². The monoisotopic (exact) mass is 416 g/mol. The summed E-state index contributed by atoms with van der Waals surface area (Å²) >= 11 is 0. The van der Waals surface area contributed by atoms with Gasteiger partial charge in [0.2, 0.25) is 0 Å². The third-order valence-corrected chi connectivity index (χ3v) is 9.86. The molecule has 4 aliphatic rings. The summed E-state index contributed by atoms with van der Waals surface area (Å²) in [6, 6.07) is 0. The average molecular weight is 417 g/mol. The summed E-state index contributed by atoms with van der Waals surface area (Å²) in [5.41, 5.74) is 1.21. The molecule has 4 rings (SSSR count). The Morgan fingerprint density at radius 2 is 1.83 bits per heavy atom. The Balaban J connectivity index is 1.60. The Morgan fingerprint density at radius 1 is 1.07 bits per heavy atom. The number of allylic oxidation sites excluding steroid dienone is 2. The highest BCUT2D eigenvalue weighted by atomic mass is 16.3. The molecule has 3 saturated carbocycles. The van der Waals surface area contributed by atoms with Crippen LogP contribution in [0.1, 0.15) is 79.1 Å². The van der Waals surface area contributed by atoms with Gasteiger partial charge in [-0.3, -0.25) is 0 Å². The van der Waals surface area contributed by atoms with Gasteiger partial charge in [0, 0.05) is 5.41 Å². The third-order valence-electron chi connectivity index (χ3n) is 9.86. The molecular weight excluding hydrogens is 372 g/mol. The summed E-state index contributed by atoms with van der Waals surface area (Å²) < 4.78 is 0. The van der Waals surface area contributed by atoms with Crippen LogP contribution in [0.3, 0.4) is 0 Å². The fourth-order valence-corrected chi connectivity index (χ4v) is 8.34. The molecule has 3 N–H and O–H groups in total. The van der Waals surface area contributed by atoms with Crippen molar-refractivity contribution in [1.82, 2.24) is 0 Å². The number of aliphatic hydroxyl groups is 3. The SMILES string of the molecule is CC(C)C/C=C/[C@@H](C)[C@H]1CC[C@H]2[C@@H]3[C@@H](O)C=C4C[C@@H](O)CC[C@]4(CO)[C@H]3CC[C@]12C. The minimum Gasteiger partial charge on any atom is -0.395 e. The van der Waals surface area contributed by atoms with Crippen LogP contribution < -0.4 is 0 Å². The molecule has 3 fully saturated rings. The first-order chi connectivity index (χ1) is 14.2. The molecule has 0 bridgehead atoms. The highest BCUT2D eigenvalue weighted by Gasteiger charge is 2.62. The summed E-state index contributed by atoms with van der Waals surface area (Å²) in [5.74, 6) is 3.12. The number of hydrogen-bond donors (Lipinski definition) is 3. The van der Waals surface area contributed by atoms with E-state index in [-0.39, 0.29) is 29.5 Å². The zero-order chi connectivity index (χ0) is 21.7. The Morgan fingerprint density at radius 3 is 2.53 bits per heavy atom. The van der Waals surface area contributed by atoms with Gasteiger partial charge in [0.15, 0.2) is 0 Å². The largest absolute Gasteiger partial charge is 0.395 e. The molecule has 3 heteroatoms. The van der Waals surface area contributed by atoms with Crippen LogP contribution in [0.2, 0.25) is 0 Å². The molecule has 0 heterocycles. The normalized spacial score (nSPS) is 47.0. The van der Waals surface area contributed by atoms with E-state index in [0.717, 1.165) is 31.3 Å². The fraction of sp³-hybridized carbons (Fsp3) is 0.852. The van der Waals surface area contributed by atoms with Crippen molar-refractivity contribution >= 4 is 0 Å². The lowest BCUT2D eigenvalue weighted by Crippen LogP contribution is -2.56. The molecule has 0 saturated heterocycles. The highest BCUT2D eigenvalue weighted by Crippen LogP contribution is 2.67. The first kappa shape index (κ1) is 22.6. The first-order valence-electron chi connectivity index (χ1n) is 12.6. The van der Waals surface area contributed by atoms with Crippen molar-refractivity contribution in [2.75, 3.05) is 6.61 Å². The molecule has 0 aromatic carbocycles. The van der Waals surface area contributed by atoms with E-state index in [1.807, 2.05) is 6.08 Å². The van der Waals surface area contributed by atoms with Crippen molar-refractivity contribution in [3.8, 4) is 0 Å². The summed E-state index contributed by atoms with van der Waals surface area (Å²) in [7, 11) is 0. The van der Waals surface area contributed by atoms with Gasteiger partial charge in [-0.1, -0.05) is 51.5 Å². The van der Waals surface area contributed by atoms with Crippen LogP contribution in [0, 0.1) is 46.3 Å². The van der Waals surface area contributed by atoms with Gasteiger partial charge in [-0.05, 0) is 92.3 Å². The standard InChI is InChI=1S/C27H44O3/c1-17(2)6-5-7-18(3)21-8-9-22-25-23(11-12-26(21,22)4)27(16-28)13-10-20(29)14-19(27)15-24(25)30/h5,7,15,17-18,20-25,28-30H,6,8-14,16H2,1-4H3/b7-5+/t18-,20+,21-,22+,23+,24+,25+,26-,27-/m1/s1. The van der Waals surface area contributed by atoms with Gasteiger partial charge in [0.25, 0.3) is 0 Å². The lowest BCUT2D eigenvalue weighted by Gasteiger charge is -2.59. The minimum atomic E-state index is -0.426. The zero-order valence-corrected chi connectivity index (χ0v) is 19.6. The van der Waals surface area contributed by atoms with Gasteiger partial charge in [-0.15, -0.1) is 0 Å². The number of rotatable bonds is 5. The van der Waals surface area contributed by atoms with Crippen LogP contribution in [0.25, 0.3) is 0 Å². The molecule has 0 amide bonds. The van der Waals surface area contributed by atoms with Gasteiger partial charge >= 0.3 is 0 Å². The van der Waals surface area contributed by atoms with Crippen LogP contribution >= 0.6 is 0 Å². The van der Waals surface area contributed by atoms with E-state index in [4.69, 9.17) is 0 Å². The molecule has 0 spiro atoms. The van der Waals surface area contributed by atoms with E-state index in [0.29, 0.717) is 36.0 Å². The van der Waals surface area contributed by atoms with E-state index in [2.05, 4.69) is 39.8 Å². The van der Waals surface area contributed by atoms with Crippen molar-refractivity contribution in [3.05, 3.63) is 23.8 Å². The maximum Gasteiger partial charge on any atom is 0.0757 e. The van der Waals surface area contributed by atoms with E-state index < -0.39 is 6.10 Å². The fourth-order valence-electron chi connectivity index (χ4n) is 8.34. The van der Waals surface area contributed by atoms with Gasteiger partial charge in [0.05, 0.1) is 18.8 Å². The van der Waals surface area contributed by atoms with Crippen LogP contribution in [-0.4, -0.2) is 34.1 Å². The molecule has 0 radical (unpaired) electrons. The van der Waals surface area contributed by atoms with Crippen LogP contribution in [-0.2, 0) is 0 Å². The molecule has 0 unspecified atom stereocenters. The molecule has 4 aliphatic carbocycles. The van der Waals surface area contributed by atoms with Crippen LogP contribution in [0.15, 0.2) is 23.8 Å². The smallest absolute Gasteiger partial charge is 0.0757 e. The molecule has 0 aliphatic heterocycles. The summed E-state index contributed by atoms with van der Waals surface area (Å²) in [6.07, 6.45) is 14.3. The van der Waals surface area contributed by atoms with Gasteiger partial charge in [-0.2, -0.15) is 0 Å². The second-order valence-corrected chi connectivity index (χ2v) is 11.8. The second-order valence-electron chi connectivity index (χ2n) is 11.8. The van der Waals surface area contributed by atoms with Gasteiger partial charge in [-0.25, -0.2) is 0 Å². The number of hydrogen-bond acceptors (Lipinski definition) is 3. The summed E-state index contributed by atoms with van der Waals surface area (Å²) in [4.78, 5) is 0. The lowest BCUT2D eigenvalue weighted by atomic mass is 9.46. The van der Waals surface area contributed by atoms with Gasteiger partial charge < -0.3 is 15.3 Å². The van der Waals surface area contributed by atoms with E-state index >= 15 is 0 Å². The van der Waals surface area contributed by atoms with Crippen molar-refractivity contribution in [3.63, 3.8) is 0 Å². The van der Waals surface area contributed by atoms with Crippen LogP contribution in [0.4, 0.5) is 0 Å². The Bertz CT molecular complexity index is 682. The molecule has 0 aromatic heterocycles. The van der Waals surface area contributed by atoms with Crippen LogP contribution in [0.5, 0.6) is 0 Å². The number of fused-ring (bicyclic) bond motifs is 5. The quantitative estimate of drug-likeness (QED) is 0.546. The predicted molar refractivity (Wildman–Crippen MR) is 122 cm³/mol. The Kier molecular flexibility index (Phi) is 6.29. The van der Waals surface area contributed by atoms with Crippen molar-refractivity contribution in [2.45, 2.75) is 91.3 Å². The molecule has 170 valence electrons. The van der Waals surface area contributed by atoms with E-state index in [1.54, 1.807) is 0 Å². The molecular formula is C27H44O3. The summed E-state index contributed by atoms with van der Waals surface area (Å²) in [6.45, 7) is 9.61. The van der Waals surface area contributed by atoms with Gasteiger partial charge in [0.1, 0.15) is 0 Å². The van der Waals surface area contributed by atoms with Crippen molar-refractivity contribution in [2.24, 2.45) is 46.3 Å². The average Bonchev–Trinajstić information content (AvgIpc) is 3.04. The van der Waals surface area contributed by atoms with Crippen molar-refractivity contribution in [1.29, 1.82) is 0 Å². The molecule has 30 heavy (non-hydrogen) atoms. The lowest BCUT2D eigenvalue weighted by molar-refractivity contribution is -0.112. The Hall–Kier alpha value is -0.640. The zero-order valence-electron chi connectivity index (χ0n) is 19.6. The molecule has 9 atom stereocenters. The summed E-state index contributed by atoms with van der Waals surface area (Å²) in [5, 5.41) is 32.1. The number of aliphatic hydroxyl groups excluding tert-OH is 3. The predicted octanol–water partition coefficient (Wildman–Crippen LogP) is 5.11. The topological polar surface area (TPSA) is 60.7 Å².